The number of quaternary nitrogens is 1. The highest BCUT2D eigenvalue weighted by Gasteiger charge is 2.22. The zero-order valence-electron chi connectivity index (χ0n) is 11.9. The van der Waals surface area contributed by atoms with E-state index in [1.54, 1.807) is 0 Å². The molecular weight excluding hydrogens is 268 g/mol. The number of nitrogens with one attached hydrogen (secondary N) is 1. The fourth-order valence-electron chi connectivity index (χ4n) is 1.58. The normalized spacial score (nSPS) is 13.9. The van der Waals surface area contributed by atoms with Gasteiger partial charge in [-0.25, -0.2) is 0 Å². The summed E-state index contributed by atoms with van der Waals surface area (Å²) in [5.74, 6) is -0.190. The van der Waals surface area contributed by atoms with Crippen LogP contribution in [0, 0.1) is 0 Å². The highest BCUT2D eigenvalue weighted by molar-refractivity contribution is 7.86. The molecule has 1 unspecified atom stereocenters. The lowest BCUT2D eigenvalue weighted by molar-refractivity contribution is -0.890. The molecule has 0 saturated heterocycles. The highest BCUT2D eigenvalue weighted by atomic mass is 32.2. The first-order valence-corrected chi connectivity index (χ1v) is 7.77. The minimum Gasteiger partial charge on any atom is -0.352 e. The van der Waals surface area contributed by atoms with E-state index in [2.05, 4.69) is 11.9 Å². The van der Waals surface area contributed by atoms with E-state index in [1.807, 2.05) is 14.1 Å². The summed E-state index contributed by atoms with van der Waals surface area (Å²) in [5.41, 5.74) is 0. The van der Waals surface area contributed by atoms with E-state index in [9.17, 15) is 13.2 Å². The Kier molecular flexibility index (Phi) is 7.25. The first-order valence-electron chi connectivity index (χ1n) is 6.27. The summed E-state index contributed by atoms with van der Waals surface area (Å²) in [4.78, 5) is 10.9. The van der Waals surface area contributed by atoms with Crippen LogP contribution in [0.25, 0.3) is 0 Å². The van der Waals surface area contributed by atoms with Crippen LogP contribution in [0.1, 0.15) is 19.8 Å². The standard InChI is InChI=1S/C12H24N2O4S/c1-5-12(15)13-8-6-9-14(3,4)10-7-11(2)19(16,17)18/h5,11H,1,6-10H2,2-4H3,(H-,13,15,16,17,18)/p+1. The number of rotatable bonds is 9. The van der Waals surface area contributed by atoms with Gasteiger partial charge in [0.2, 0.25) is 5.91 Å². The van der Waals surface area contributed by atoms with Crippen LogP contribution in [0.2, 0.25) is 0 Å². The summed E-state index contributed by atoms with van der Waals surface area (Å²) in [5, 5.41) is 1.95. The average Bonchev–Trinajstić information content (AvgIpc) is 2.30. The average molecular weight is 293 g/mol. The van der Waals surface area contributed by atoms with Crippen molar-refractivity contribution in [1.82, 2.24) is 5.32 Å². The molecule has 0 aromatic carbocycles. The molecule has 0 heterocycles. The molecule has 2 N–H and O–H groups in total. The molecule has 0 rings (SSSR count). The first-order chi connectivity index (χ1) is 8.58. The minimum atomic E-state index is -3.94. The van der Waals surface area contributed by atoms with Gasteiger partial charge in [-0.1, -0.05) is 6.58 Å². The molecule has 0 aromatic heterocycles. The maximum Gasteiger partial charge on any atom is 0.267 e. The van der Waals surface area contributed by atoms with Gasteiger partial charge in [-0.2, -0.15) is 8.42 Å². The van der Waals surface area contributed by atoms with E-state index < -0.39 is 15.4 Å². The second kappa shape index (κ2) is 7.62. The lowest BCUT2D eigenvalue weighted by atomic mass is 10.2. The molecule has 0 aliphatic carbocycles. The summed E-state index contributed by atoms with van der Waals surface area (Å²) in [7, 11) is 0.0411. The van der Waals surface area contributed by atoms with Gasteiger partial charge in [0, 0.05) is 19.4 Å². The van der Waals surface area contributed by atoms with Gasteiger partial charge in [0.25, 0.3) is 10.1 Å². The highest BCUT2D eigenvalue weighted by Crippen LogP contribution is 2.08. The largest absolute Gasteiger partial charge is 0.352 e. The topological polar surface area (TPSA) is 83.5 Å². The maximum atomic E-state index is 10.9. The summed E-state index contributed by atoms with van der Waals surface area (Å²) >= 11 is 0. The minimum absolute atomic E-state index is 0.190. The number of hydrogen-bond donors (Lipinski definition) is 2. The molecule has 0 aliphatic rings. The van der Waals surface area contributed by atoms with E-state index in [-0.39, 0.29) is 5.91 Å². The number of hydrogen-bond acceptors (Lipinski definition) is 3. The van der Waals surface area contributed by atoms with E-state index in [4.69, 9.17) is 4.55 Å². The lowest BCUT2D eigenvalue weighted by Crippen LogP contribution is -2.43. The smallest absolute Gasteiger partial charge is 0.267 e. The molecule has 0 aliphatic heterocycles. The van der Waals surface area contributed by atoms with Crippen molar-refractivity contribution in [2.45, 2.75) is 25.0 Å². The predicted molar refractivity (Wildman–Crippen MR) is 75.3 cm³/mol. The number of carbonyl (C=O) groups excluding carboxylic acids is 1. The van der Waals surface area contributed by atoms with Crippen molar-refractivity contribution in [3.05, 3.63) is 12.7 Å². The van der Waals surface area contributed by atoms with Crippen molar-refractivity contribution in [2.24, 2.45) is 0 Å². The van der Waals surface area contributed by atoms with Crippen LogP contribution in [-0.2, 0) is 14.9 Å². The Hall–Kier alpha value is -0.920. The quantitative estimate of drug-likeness (QED) is 0.279. The molecular formula is C12H25N2O4S+. The van der Waals surface area contributed by atoms with Gasteiger partial charge in [-0.15, -0.1) is 0 Å². The van der Waals surface area contributed by atoms with Crippen molar-refractivity contribution in [2.75, 3.05) is 33.7 Å². The summed E-state index contributed by atoms with van der Waals surface area (Å²) < 4.78 is 31.4. The molecule has 6 nitrogen and oxygen atoms in total. The SMILES string of the molecule is C=CC(=O)NCCC[N+](C)(C)CCC(C)S(=O)(=O)O. The summed E-state index contributed by atoms with van der Waals surface area (Å²) in [6.45, 7) is 6.90. The maximum absolute atomic E-state index is 10.9. The third-order valence-electron chi connectivity index (χ3n) is 3.07. The predicted octanol–water partition coefficient (Wildman–Crippen LogP) is 0.422. The number of nitrogens with zero attached hydrogens (tertiary/aromatic N) is 1. The lowest BCUT2D eigenvalue weighted by Gasteiger charge is -2.30. The van der Waals surface area contributed by atoms with Crippen LogP contribution in [0.3, 0.4) is 0 Å². The van der Waals surface area contributed by atoms with Crippen LogP contribution < -0.4 is 5.32 Å². The van der Waals surface area contributed by atoms with Crippen molar-refractivity contribution < 1.29 is 22.2 Å². The van der Waals surface area contributed by atoms with E-state index in [0.29, 0.717) is 24.0 Å². The van der Waals surface area contributed by atoms with E-state index >= 15 is 0 Å². The molecule has 0 bridgehead atoms. The first kappa shape index (κ1) is 18.1. The summed E-state index contributed by atoms with van der Waals surface area (Å²) in [6, 6.07) is 0. The Morgan fingerprint density at radius 3 is 2.47 bits per heavy atom. The van der Waals surface area contributed by atoms with Gasteiger partial charge in [-0.3, -0.25) is 9.35 Å². The van der Waals surface area contributed by atoms with E-state index in [1.165, 1.54) is 13.0 Å². The van der Waals surface area contributed by atoms with Crippen molar-refractivity contribution in [1.29, 1.82) is 0 Å². The number of amides is 1. The molecule has 0 fully saturated rings. The third kappa shape index (κ3) is 8.74. The molecule has 7 heteroatoms. The monoisotopic (exact) mass is 293 g/mol. The molecule has 0 aromatic rings. The van der Waals surface area contributed by atoms with Crippen LogP contribution in [0.5, 0.6) is 0 Å². The van der Waals surface area contributed by atoms with Gasteiger partial charge >= 0.3 is 0 Å². The van der Waals surface area contributed by atoms with E-state index in [0.717, 1.165) is 13.0 Å². The van der Waals surface area contributed by atoms with Crippen LogP contribution in [0.4, 0.5) is 0 Å². The molecule has 112 valence electrons. The van der Waals surface area contributed by atoms with Gasteiger partial charge in [0.15, 0.2) is 0 Å². The Balaban J connectivity index is 3.99. The fourth-order valence-corrected chi connectivity index (χ4v) is 1.99. The Morgan fingerprint density at radius 1 is 1.42 bits per heavy atom. The molecule has 19 heavy (non-hydrogen) atoms. The Labute approximate surface area is 115 Å². The van der Waals surface area contributed by atoms with Crippen LogP contribution >= 0.6 is 0 Å². The zero-order chi connectivity index (χ0) is 15.1. The summed E-state index contributed by atoms with van der Waals surface area (Å²) in [6.07, 6.45) is 2.44. The second-order valence-corrected chi connectivity index (χ2v) is 7.18. The van der Waals surface area contributed by atoms with Gasteiger partial charge in [-0.05, 0) is 13.0 Å². The van der Waals surface area contributed by atoms with Gasteiger partial charge < -0.3 is 9.80 Å². The Morgan fingerprint density at radius 2 is 2.00 bits per heavy atom. The van der Waals surface area contributed by atoms with Crippen LogP contribution in [-0.4, -0.2) is 62.3 Å². The molecule has 0 spiro atoms. The zero-order valence-corrected chi connectivity index (χ0v) is 12.7. The molecule has 0 saturated carbocycles. The van der Waals surface area contributed by atoms with Crippen molar-refractivity contribution >= 4 is 16.0 Å². The Bertz CT molecular complexity index is 404. The third-order valence-corrected chi connectivity index (χ3v) is 4.33. The van der Waals surface area contributed by atoms with Crippen molar-refractivity contribution in [3.8, 4) is 0 Å². The molecule has 0 radical (unpaired) electrons. The number of carbonyl (C=O) groups is 1. The molecule has 1 atom stereocenters. The fraction of sp³-hybridized carbons (Fsp3) is 0.750. The second-order valence-electron chi connectivity index (χ2n) is 5.35. The van der Waals surface area contributed by atoms with Gasteiger partial charge in [0.05, 0.1) is 32.4 Å². The molecule has 1 amide bonds. The van der Waals surface area contributed by atoms with Gasteiger partial charge in [0.1, 0.15) is 0 Å². The van der Waals surface area contributed by atoms with Crippen molar-refractivity contribution in [3.63, 3.8) is 0 Å². The van der Waals surface area contributed by atoms with Crippen LogP contribution in [0.15, 0.2) is 12.7 Å².